The third-order valence-corrected chi connectivity index (χ3v) is 3.28. The minimum Gasteiger partial charge on any atom is -0.381 e. The van der Waals surface area contributed by atoms with Crippen LogP contribution in [0.15, 0.2) is 12.4 Å². The van der Waals surface area contributed by atoms with Crippen LogP contribution in [-0.4, -0.2) is 34.4 Å². The van der Waals surface area contributed by atoms with Crippen LogP contribution in [0.25, 0.3) is 0 Å². The van der Waals surface area contributed by atoms with E-state index in [1.54, 1.807) is 6.20 Å². The standard InChI is InChI=1S/C13H22N4O2.ClH/c1-10(2)8-17-9-11(7-15-17)16-12(18)13(14)3-5-19-6-4-13;/h7,9-10H,3-6,8,14H2,1-2H3,(H,16,18);1H. The van der Waals surface area contributed by atoms with Crippen molar-refractivity contribution in [2.75, 3.05) is 18.5 Å². The molecule has 0 radical (unpaired) electrons. The maximum absolute atomic E-state index is 12.2. The number of aromatic nitrogens is 2. The van der Waals surface area contributed by atoms with Crippen molar-refractivity contribution in [2.24, 2.45) is 11.7 Å². The predicted molar refractivity (Wildman–Crippen MR) is 79.9 cm³/mol. The summed E-state index contributed by atoms with van der Waals surface area (Å²) in [6, 6.07) is 0. The molecule has 1 saturated heterocycles. The van der Waals surface area contributed by atoms with Gasteiger partial charge in [-0.3, -0.25) is 9.48 Å². The molecule has 1 aliphatic heterocycles. The van der Waals surface area contributed by atoms with Crippen LogP contribution in [0.4, 0.5) is 5.69 Å². The van der Waals surface area contributed by atoms with Crippen molar-refractivity contribution in [1.29, 1.82) is 0 Å². The molecule has 0 bridgehead atoms. The molecule has 1 aliphatic rings. The van der Waals surface area contributed by atoms with Crippen molar-refractivity contribution in [3.05, 3.63) is 12.4 Å². The highest BCUT2D eigenvalue weighted by Gasteiger charge is 2.36. The fraction of sp³-hybridized carbons (Fsp3) is 0.692. The maximum Gasteiger partial charge on any atom is 0.244 e. The number of carbonyl (C=O) groups is 1. The molecule has 0 saturated carbocycles. The Morgan fingerprint density at radius 1 is 1.55 bits per heavy atom. The van der Waals surface area contributed by atoms with E-state index in [-0.39, 0.29) is 18.3 Å². The summed E-state index contributed by atoms with van der Waals surface area (Å²) in [5.74, 6) is 0.361. The van der Waals surface area contributed by atoms with Gasteiger partial charge in [0.2, 0.25) is 5.91 Å². The highest BCUT2D eigenvalue weighted by molar-refractivity contribution is 5.97. The predicted octanol–water partition coefficient (Wildman–Crippen LogP) is 1.41. The Morgan fingerprint density at radius 3 is 2.80 bits per heavy atom. The lowest BCUT2D eigenvalue weighted by molar-refractivity contribution is -0.124. The lowest BCUT2D eigenvalue weighted by Crippen LogP contribution is -2.54. The van der Waals surface area contributed by atoms with Crippen LogP contribution < -0.4 is 11.1 Å². The van der Waals surface area contributed by atoms with Gasteiger partial charge in [0, 0.05) is 26.0 Å². The molecule has 1 fully saturated rings. The summed E-state index contributed by atoms with van der Waals surface area (Å²) < 4.78 is 7.06. The highest BCUT2D eigenvalue weighted by Crippen LogP contribution is 2.20. The number of hydrogen-bond donors (Lipinski definition) is 2. The van der Waals surface area contributed by atoms with E-state index in [2.05, 4.69) is 24.3 Å². The van der Waals surface area contributed by atoms with Crippen molar-refractivity contribution in [1.82, 2.24) is 9.78 Å². The lowest BCUT2D eigenvalue weighted by Gasteiger charge is -2.31. The van der Waals surface area contributed by atoms with Crippen LogP contribution in [0.2, 0.25) is 0 Å². The van der Waals surface area contributed by atoms with Crippen molar-refractivity contribution in [3.63, 3.8) is 0 Å². The van der Waals surface area contributed by atoms with Crippen molar-refractivity contribution in [3.8, 4) is 0 Å². The fourth-order valence-electron chi connectivity index (χ4n) is 2.12. The van der Waals surface area contributed by atoms with E-state index in [1.807, 2.05) is 10.9 Å². The smallest absolute Gasteiger partial charge is 0.244 e. The molecule has 2 heterocycles. The topological polar surface area (TPSA) is 82.2 Å². The molecule has 20 heavy (non-hydrogen) atoms. The Morgan fingerprint density at radius 2 is 2.20 bits per heavy atom. The summed E-state index contributed by atoms with van der Waals surface area (Å²) in [5, 5.41) is 7.06. The van der Waals surface area contributed by atoms with Gasteiger partial charge in [-0.25, -0.2) is 0 Å². The zero-order valence-corrected chi connectivity index (χ0v) is 12.8. The summed E-state index contributed by atoms with van der Waals surface area (Å²) in [5.41, 5.74) is 5.99. The van der Waals surface area contributed by atoms with Gasteiger partial charge < -0.3 is 15.8 Å². The van der Waals surface area contributed by atoms with E-state index < -0.39 is 5.54 Å². The Balaban J connectivity index is 0.00000200. The fourth-order valence-corrected chi connectivity index (χ4v) is 2.12. The summed E-state index contributed by atoms with van der Waals surface area (Å²) in [7, 11) is 0. The largest absolute Gasteiger partial charge is 0.381 e. The molecule has 0 spiro atoms. The molecule has 1 aromatic heterocycles. The molecule has 114 valence electrons. The first kappa shape index (κ1) is 16.9. The second-order valence-corrected chi connectivity index (χ2v) is 5.57. The molecule has 3 N–H and O–H groups in total. The average molecular weight is 303 g/mol. The van der Waals surface area contributed by atoms with E-state index in [0.29, 0.717) is 37.7 Å². The normalized spacial score (nSPS) is 17.6. The van der Waals surface area contributed by atoms with Crippen molar-refractivity contribution < 1.29 is 9.53 Å². The van der Waals surface area contributed by atoms with Gasteiger partial charge in [-0.15, -0.1) is 12.4 Å². The number of amides is 1. The molecule has 6 nitrogen and oxygen atoms in total. The van der Waals surface area contributed by atoms with Gasteiger partial charge in [-0.2, -0.15) is 5.10 Å². The van der Waals surface area contributed by atoms with Gasteiger partial charge in [0.1, 0.15) is 5.54 Å². The number of anilines is 1. The minimum atomic E-state index is -0.821. The number of halogens is 1. The van der Waals surface area contributed by atoms with E-state index in [1.165, 1.54) is 0 Å². The van der Waals surface area contributed by atoms with E-state index in [0.717, 1.165) is 6.54 Å². The number of nitrogens with zero attached hydrogens (tertiary/aromatic N) is 2. The Kier molecular flexibility index (Phi) is 5.98. The van der Waals surface area contributed by atoms with E-state index >= 15 is 0 Å². The first-order valence-electron chi connectivity index (χ1n) is 6.70. The highest BCUT2D eigenvalue weighted by atomic mass is 35.5. The molecule has 0 atom stereocenters. The summed E-state index contributed by atoms with van der Waals surface area (Å²) >= 11 is 0. The molecule has 1 amide bonds. The monoisotopic (exact) mass is 302 g/mol. The number of rotatable bonds is 4. The van der Waals surface area contributed by atoms with Crippen LogP contribution in [0, 0.1) is 5.92 Å². The first-order chi connectivity index (χ1) is 8.99. The van der Waals surface area contributed by atoms with Crippen LogP contribution >= 0.6 is 12.4 Å². The molecule has 0 unspecified atom stereocenters. The van der Waals surface area contributed by atoms with Crippen LogP contribution in [-0.2, 0) is 16.1 Å². The second-order valence-electron chi connectivity index (χ2n) is 5.57. The zero-order chi connectivity index (χ0) is 13.9. The van der Waals surface area contributed by atoms with Gasteiger partial charge in [0.05, 0.1) is 11.9 Å². The summed E-state index contributed by atoms with van der Waals surface area (Å²) in [6.45, 7) is 6.15. The van der Waals surface area contributed by atoms with Crippen LogP contribution in [0.3, 0.4) is 0 Å². The van der Waals surface area contributed by atoms with Crippen LogP contribution in [0.5, 0.6) is 0 Å². The molecule has 0 aromatic carbocycles. The number of ether oxygens (including phenoxy) is 1. The minimum absolute atomic E-state index is 0. The third kappa shape index (κ3) is 4.19. The lowest BCUT2D eigenvalue weighted by atomic mass is 9.90. The van der Waals surface area contributed by atoms with Crippen molar-refractivity contribution >= 4 is 24.0 Å². The molecular weight excluding hydrogens is 280 g/mol. The van der Waals surface area contributed by atoms with Gasteiger partial charge in [-0.05, 0) is 18.8 Å². The van der Waals surface area contributed by atoms with Crippen molar-refractivity contribution in [2.45, 2.75) is 38.8 Å². The van der Waals surface area contributed by atoms with Crippen LogP contribution in [0.1, 0.15) is 26.7 Å². The number of nitrogens with two attached hydrogens (primary N) is 1. The SMILES string of the molecule is CC(C)Cn1cc(NC(=O)C2(N)CCOCC2)cn1.Cl. The Labute approximate surface area is 125 Å². The molecular formula is C13H23ClN4O2. The van der Waals surface area contributed by atoms with Gasteiger partial charge in [0.25, 0.3) is 0 Å². The molecule has 2 rings (SSSR count). The molecule has 7 heteroatoms. The molecule has 1 aromatic rings. The zero-order valence-electron chi connectivity index (χ0n) is 12.0. The number of carbonyl (C=O) groups excluding carboxylic acids is 1. The van der Waals surface area contributed by atoms with Gasteiger partial charge in [-0.1, -0.05) is 13.8 Å². The average Bonchev–Trinajstić information content (AvgIpc) is 2.76. The Hall–Kier alpha value is -1.11. The number of nitrogens with one attached hydrogen (secondary N) is 1. The quantitative estimate of drug-likeness (QED) is 0.881. The van der Waals surface area contributed by atoms with E-state index in [4.69, 9.17) is 10.5 Å². The summed E-state index contributed by atoms with van der Waals surface area (Å²) in [6.07, 6.45) is 4.60. The maximum atomic E-state index is 12.2. The molecule has 0 aliphatic carbocycles. The van der Waals surface area contributed by atoms with E-state index in [9.17, 15) is 4.79 Å². The van der Waals surface area contributed by atoms with Gasteiger partial charge >= 0.3 is 0 Å². The number of hydrogen-bond acceptors (Lipinski definition) is 4. The van der Waals surface area contributed by atoms with Gasteiger partial charge in [0.15, 0.2) is 0 Å². The second kappa shape index (κ2) is 7.06. The first-order valence-corrected chi connectivity index (χ1v) is 6.70. The third-order valence-electron chi connectivity index (χ3n) is 3.28. The Bertz CT molecular complexity index is 441. The summed E-state index contributed by atoms with van der Waals surface area (Å²) in [4.78, 5) is 12.2.